The lowest BCUT2D eigenvalue weighted by molar-refractivity contribution is 0.0697. The summed E-state index contributed by atoms with van der Waals surface area (Å²) in [5.41, 5.74) is 2.21. The number of rotatable bonds is 3. The van der Waals surface area contributed by atoms with Crippen molar-refractivity contribution in [1.29, 1.82) is 0 Å². The van der Waals surface area contributed by atoms with E-state index in [0.29, 0.717) is 5.56 Å². The SMILES string of the molecule is CCc1cc(NC)cc(C(=O)O)c1. The molecule has 0 fully saturated rings. The molecule has 0 aliphatic heterocycles. The van der Waals surface area contributed by atoms with Gasteiger partial charge in [0.05, 0.1) is 5.56 Å². The van der Waals surface area contributed by atoms with Gasteiger partial charge < -0.3 is 10.4 Å². The van der Waals surface area contributed by atoms with Crippen molar-refractivity contribution in [2.24, 2.45) is 0 Å². The van der Waals surface area contributed by atoms with E-state index in [9.17, 15) is 4.79 Å². The number of carboxylic acids is 1. The van der Waals surface area contributed by atoms with Crippen LogP contribution in [0.15, 0.2) is 18.2 Å². The third-order valence-corrected chi connectivity index (χ3v) is 1.94. The van der Waals surface area contributed by atoms with Crippen molar-refractivity contribution in [1.82, 2.24) is 0 Å². The van der Waals surface area contributed by atoms with Gasteiger partial charge in [0.25, 0.3) is 0 Å². The molecule has 1 rings (SSSR count). The van der Waals surface area contributed by atoms with Crippen LogP contribution in [0.4, 0.5) is 5.69 Å². The molecule has 0 amide bonds. The Bertz CT molecular complexity index is 298. The summed E-state index contributed by atoms with van der Waals surface area (Å²) in [4.78, 5) is 10.7. The molecule has 0 heterocycles. The van der Waals surface area contributed by atoms with Crippen LogP contribution >= 0.6 is 0 Å². The van der Waals surface area contributed by atoms with Gasteiger partial charge in [-0.3, -0.25) is 0 Å². The van der Waals surface area contributed by atoms with Gasteiger partial charge in [-0.25, -0.2) is 4.79 Å². The minimum absolute atomic E-state index is 0.337. The smallest absolute Gasteiger partial charge is 0.335 e. The Morgan fingerprint density at radius 1 is 1.46 bits per heavy atom. The first-order valence-corrected chi connectivity index (χ1v) is 4.22. The molecule has 0 spiro atoms. The van der Waals surface area contributed by atoms with Crippen LogP contribution in [0.1, 0.15) is 22.8 Å². The van der Waals surface area contributed by atoms with E-state index in [4.69, 9.17) is 5.11 Å². The summed E-state index contributed by atoms with van der Waals surface area (Å²) in [6.45, 7) is 2.00. The molecule has 0 aliphatic rings. The van der Waals surface area contributed by atoms with E-state index in [1.807, 2.05) is 13.0 Å². The molecule has 1 aromatic rings. The number of hydrogen-bond acceptors (Lipinski definition) is 2. The van der Waals surface area contributed by atoms with E-state index < -0.39 is 5.97 Å². The molecule has 70 valence electrons. The van der Waals surface area contributed by atoms with Gasteiger partial charge in [0.2, 0.25) is 0 Å². The van der Waals surface area contributed by atoms with Crippen LogP contribution in [-0.2, 0) is 6.42 Å². The number of aryl methyl sites for hydroxylation is 1. The van der Waals surface area contributed by atoms with E-state index >= 15 is 0 Å². The van der Waals surface area contributed by atoms with Gasteiger partial charge in [-0.1, -0.05) is 6.92 Å². The van der Waals surface area contributed by atoms with E-state index in [1.54, 1.807) is 19.2 Å². The number of aromatic carboxylic acids is 1. The minimum atomic E-state index is -0.883. The average molecular weight is 179 g/mol. The molecule has 0 saturated heterocycles. The van der Waals surface area contributed by atoms with Crippen LogP contribution in [0.5, 0.6) is 0 Å². The molecule has 0 aliphatic carbocycles. The standard InChI is InChI=1S/C10H13NO2/c1-3-7-4-8(10(12)13)6-9(5-7)11-2/h4-6,11H,3H2,1-2H3,(H,12,13). The maximum absolute atomic E-state index is 10.7. The molecule has 3 heteroatoms. The van der Waals surface area contributed by atoms with Crippen molar-refractivity contribution in [2.75, 3.05) is 12.4 Å². The zero-order chi connectivity index (χ0) is 9.84. The molecule has 0 radical (unpaired) electrons. The van der Waals surface area contributed by atoms with Gasteiger partial charge in [-0.05, 0) is 30.2 Å². The minimum Gasteiger partial charge on any atom is -0.478 e. The summed E-state index contributed by atoms with van der Waals surface area (Å²) in [5.74, 6) is -0.883. The van der Waals surface area contributed by atoms with Crippen molar-refractivity contribution in [3.05, 3.63) is 29.3 Å². The predicted octanol–water partition coefficient (Wildman–Crippen LogP) is 1.99. The summed E-state index contributed by atoms with van der Waals surface area (Å²) < 4.78 is 0. The quantitative estimate of drug-likeness (QED) is 0.746. The molecule has 0 saturated carbocycles. The first-order chi connectivity index (χ1) is 6.17. The monoisotopic (exact) mass is 179 g/mol. The van der Waals surface area contributed by atoms with Gasteiger partial charge >= 0.3 is 5.97 Å². The van der Waals surface area contributed by atoms with Gasteiger partial charge in [0.15, 0.2) is 0 Å². The zero-order valence-corrected chi connectivity index (χ0v) is 7.79. The third-order valence-electron chi connectivity index (χ3n) is 1.94. The summed E-state index contributed by atoms with van der Waals surface area (Å²) in [6.07, 6.45) is 0.843. The molecule has 0 unspecified atom stereocenters. The van der Waals surface area contributed by atoms with Gasteiger partial charge in [-0.2, -0.15) is 0 Å². The maximum Gasteiger partial charge on any atom is 0.335 e. The summed E-state index contributed by atoms with van der Waals surface area (Å²) in [6, 6.07) is 5.27. The fourth-order valence-corrected chi connectivity index (χ4v) is 1.16. The van der Waals surface area contributed by atoms with E-state index in [1.165, 1.54) is 0 Å². The first kappa shape index (κ1) is 9.58. The molecule has 1 aromatic carbocycles. The van der Waals surface area contributed by atoms with Crippen LogP contribution in [0.2, 0.25) is 0 Å². The highest BCUT2D eigenvalue weighted by Crippen LogP contribution is 2.14. The van der Waals surface area contributed by atoms with E-state index in [2.05, 4.69) is 5.32 Å². The summed E-state index contributed by atoms with van der Waals surface area (Å²) in [5, 5.41) is 11.7. The number of hydrogen-bond donors (Lipinski definition) is 2. The third kappa shape index (κ3) is 2.21. The van der Waals surface area contributed by atoms with E-state index in [-0.39, 0.29) is 0 Å². The van der Waals surface area contributed by atoms with Gasteiger partial charge in [0, 0.05) is 12.7 Å². The highest BCUT2D eigenvalue weighted by atomic mass is 16.4. The zero-order valence-electron chi connectivity index (χ0n) is 7.79. The van der Waals surface area contributed by atoms with Crippen molar-refractivity contribution in [2.45, 2.75) is 13.3 Å². The second-order valence-electron chi connectivity index (χ2n) is 2.83. The topological polar surface area (TPSA) is 49.3 Å². The van der Waals surface area contributed by atoms with Crippen LogP contribution in [0.25, 0.3) is 0 Å². The molecule has 0 bridgehead atoms. The Morgan fingerprint density at radius 3 is 2.62 bits per heavy atom. The van der Waals surface area contributed by atoms with Gasteiger partial charge in [-0.15, -0.1) is 0 Å². The Labute approximate surface area is 77.4 Å². The van der Waals surface area contributed by atoms with Crippen LogP contribution < -0.4 is 5.32 Å². The molecule has 0 atom stereocenters. The molecule has 2 N–H and O–H groups in total. The lowest BCUT2D eigenvalue weighted by Crippen LogP contribution is -2.00. The molecular formula is C10H13NO2. The maximum atomic E-state index is 10.7. The Morgan fingerprint density at radius 2 is 2.15 bits per heavy atom. The fourth-order valence-electron chi connectivity index (χ4n) is 1.16. The fraction of sp³-hybridized carbons (Fsp3) is 0.300. The molecule has 3 nitrogen and oxygen atoms in total. The summed E-state index contributed by atoms with van der Waals surface area (Å²) in [7, 11) is 1.78. The van der Waals surface area contributed by atoms with Crippen LogP contribution in [0, 0.1) is 0 Å². The second-order valence-corrected chi connectivity index (χ2v) is 2.83. The highest BCUT2D eigenvalue weighted by molar-refractivity contribution is 5.89. The number of anilines is 1. The Kier molecular flexibility index (Phi) is 2.90. The number of nitrogens with one attached hydrogen (secondary N) is 1. The highest BCUT2D eigenvalue weighted by Gasteiger charge is 2.04. The Hall–Kier alpha value is -1.51. The van der Waals surface area contributed by atoms with Crippen molar-refractivity contribution in [3.8, 4) is 0 Å². The average Bonchev–Trinajstić information content (AvgIpc) is 2.16. The van der Waals surface area contributed by atoms with Crippen molar-refractivity contribution >= 4 is 11.7 Å². The molecule has 0 aromatic heterocycles. The first-order valence-electron chi connectivity index (χ1n) is 4.22. The normalized spacial score (nSPS) is 9.69. The van der Waals surface area contributed by atoms with Crippen molar-refractivity contribution < 1.29 is 9.90 Å². The lowest BCUT2D eigenvalue weighted by Gasteiger charge is -2.05. The van der Waals surface area contributed by atoms with E-state index in [0.717, 1.165) is 17.7 Å². The summed E-state index contributed by atoms with van der Waals surface area (Å²) >= 11 is 0. The second kappa shape index (κ2) is 3.94. The number of carbonyl (C=O) groups is 1. The number of benzene rings is 1. The van der Waals surface area contributed by atoms with Gasteiger partial charge in [0.1, 0.15) is 0 Å². The van der Waals surface area contributed by atoms with Crippen LogP contribution in [0.3, 0.4) is 0 Å². The van der Waals surface area contributed by atoms with Crippen LogP contribution in [-0.4, -0.2) is 18.1 Å². The lowest BCUT2D eigenvalue weighted by atomic mass is 10.1. The van der Waals surface area contributed by atoms with Crippen molar-refractivity contribution in [3.63, 3.8) is 0 Å². The predicted molar refractivity (Wildman–Crippen MR) is 52.3 cm³/mol. The molecular weight excluding hydrogens is 166 g/mol. The number of carboxylic acid groups (broad SMARTS) is 1. The molecule has 13 heavy (non-hydrogen) atoms. The Balaban J connectivity index is 3.14. The largest absolute Gasteiger partial charge is 0.478 e.